The van der Waals surface area contributed by atoms with E-state index in [2.05, 4.69) is 57.5 Å². The van der Waals surface area contributed by atoms with Crippen LogP contribution in [0.4, 0.5) is 0 Å². The van der Waals surface area contributed by atoms with Gasteiger partial charge in [-0.1, -0.05) is 32.8 Å². The molecule has 5 rings (SSSR count). The number of hydrogen-bond donors (Lipinski definition) is 1. The predicted octanol–water partition coefficient (Wildman–Crippen LogP) is 4.01. The maximum absolute atomic E-state index is 13.3. The highest BCUT2D eigenvalue weighted by atomic mass is 16.1. The van der Waals surface area contributed by atoms with Crippen LogP contribution in [-0.2, 0) is 6.42 Å². The maximum atomic E-state index is 13.3. The molecule has 0 radical (unpaired) electrons. The molecule has 1 saturated heterocycles. The topological polar surface area (TPSA) is 79.7 Å². The van der Waals surface area contributed by atoms with E-state index in [0.717, 1.165) is 61.1 Å². The normalized spacial score (nSPS) is 21.7. The number of aromatic amines is 1. The summed E-state index contributed by atoms with van der Waals surface area (Å²) in [4.78, 5) is 18.9. The van der Waals surface area contributed by atoms with Crippen molar-refractivity contribution in [3.63, 3.8) is 0 Å². The third-order valence-electron chi connectivity index (χ3n) is 7.13. The molecule has 0 bridgehead atoms. The van der Waals surface area contributed by atoms with Crippen molar-refractivity contribution in [3.05, 3.63) is 51.6 Å². The first-order chi connectivity index (χ1) is 15.1. The van der Waals surface area contributed by atoms with Gasteiger partial charge in [-0.3, -0.25) is 9.69 Å². The maximum Gasteiger partial charge on any atom is 0.253 e. The summed E-state index contributed by atoms with van der Waals surface area (Å²) >= 11 is 0. The van der Waals surface area contributed by atoms with E-state index in [0.29, 0.717) is 12.0 Å². The Morgan fingerprint density at radius 3 is 2.77 bits per heavy atom. The van der Waals surface area contributed by atoms with E-state index in [9.17, 15) is 4.79 Å². The zero-order chi connectivity index (χ0) is 21.4. The molecule has 3 heterocycles. The molecule has 0 unspecified atom stereocenters. The van der Waals surface area contributed by atoms with E-state index in [1.165, 1.54) is 24.8 Å². The van der Waals surface area contributed by atoms with E-state index in [1.54, 1.807) is 0 Å². The molecule has 7 nitrogen and oxygen atoms in total. The molecule has 1 saturated carbocycles. The minimum atomic E-state index is -0.225. The lowest BCUT2D eigenvalue weighted by Crippen LogP contribution is -2.41. The largest absolute Gasteiger partial charge is 0.322 e. The van der Waals surface area contributed by atoms with Gasteiger partial charge in [0.25, 0.3) is 5.56 Å². The third-order valence-corrected chi connectivity index (χ3v) is 7.13. The van der Waals surface area contributed by atoms with Crippen LogP contribution in [-0.4, -0.2) is 43.2 Å². The van der Waals surface area contributed by atoms with Crippen LogP contribution in [0.5, 0.6) is 0 Å². The zero-order valence-electron chi connectivity index (χ0n) is 18.5. The second kappa shape index (κ2) is 8.54. The number of tetrazole rings is 1. The molecule has 164 valence electrons. The number of nitrogens with one attached hydrogen (secondary N) is 1. The predicted molar refractivity (Wildman–Crippen MR) is 121 cm³/mol. The van der Waals surface area contributed by atoms with Crippen molar-refractivity contribution < 1.29 is 0 Å². The highest BCUT2D eigenvalue weighted by Gasteiger charge is 2.34. The lowest BCUT2D eigenvalue weighted by atomic mass is 9.95. The van der Waals surface area contributed by atoms with Gasteiger partial charge >= 0.3 is 0 Å². The number of H-pyrrole nitrogens is 1. The molecule has 0 spiro atoms. The first-order valence-electron chi connectivity index (χ1n) is 11.8. The summed E-state index contributed by atoms with van der Waals surface area (Å²) in [5.41, 5.74) is 2.86. The van der Waals surface area contributed by atoms with Crippen molar-refractivity contribution in [2.75, 3.05) is 13.1 Å². The molecule has 2 fully saturated rings. The number of likely N-dealkylation sites (tertiary alicyclic amines) is 1. The molecule has 1 aliphatic heterocycles. The van der Waals surface area contributed by atoms with Gasteiger partial charge in [0.2, 0.25) is 0 Å². The van der Waals surface area contributed by atoms with Gasteiger partial charge in [0.1, 0.15) is 6.04 Å². The Balaban J connectivity index is 1.65. The number of fused-ring (bicyclic) bond motifs is 1. The highest BCUT2D eigenvalue weighted by molar-refractivity contribution is 5.80. The summed E-state index contributed by atoms with van der Waals surface area (Å²) in [6.07, 6.45) is 7.97. The van der Waals surface area contributed by atoms with E-state index < -0.39 is 0 Å². The summed E-state index contributed by atoms with van der Waals surface area (Å²) in [5.74, 6) is 1.41. The van der Waals surface area contributed by atoms with Gasteiger partial charge in [-0.05, 0) is 84.1 Å². The molecular formula is C24H32N6O. The zero-order valence-corrected chi connectivity index (χ0v) is 18.5. The molecule has 7 heteroatoms. The summed E-state index contributed by atoms with van der Waals surface area (Å²) < 4.78 is 2.02. The molecule has 2 aliphatic rings. The molecule has 1 aromatic carbocycles. The summed E-state index contributed by atoms with van der Waals surface area (Å²) in [5, 5.41) is 14.0. The van der Waals surface area contributed by atoms with Gasteiger partial charge in [-0.2, -0.15) is 0 Å². The minimum absolute atomic E-state index is 0.0408. The fraction of sp³-hybridized carbons (Fsp3) is 0.583. The number of benzene rings is 1. The lowest BCUT2D eigenvalue weighted by Gasteiger charge is -2.36. The molecule has 2 atom stereocenters. The highest BCUT2D eigenvalue weighted by Crippen LogP contribution is 2.35. The minimum Gasteiger partial charge on any atom is -0.322 e. The first kappa shape index (κ1) is 20.4. The standard InChI is InChI=1S/C24H32N6O/c1-3-17-10-11-21-18(13-17)14-20(24(31)25-21)22(29-12-6-7-16(2)15-29)23-26-27-28-30(23)19-8-4-5-9-19/h10-11,13-14,16,19,22H,3-9,12,15H2,1-2H3,(H,25,31)/t16-,22-/m0/s1. The summed E-state index contributed by atoms with van der Waals surface area (Å²) in [6, 6.07) is 8.47. The van der Waals surface area contributed by atoms with Crippen molar-refractivity contribution in [2.24, 2.45) is 5.92 Å². The molecule has 1 aliphatic carbocycles. The van der Waals surface area contributed by atoms with Crippen LogP contribution in [0.3, 0.4) is 0 Å². The SMILES string of the molecule is CCc1ccc2[nH]c(=O)c([C@@H](c3nnnn3C3CCCC3)N3CCC[C@H](C)C3)cc2c1. The Hall–Kier alpha value is -2.54. The number of nitrogens with zero attached hydrogens (tertiary/aromatic N) is 5. The number of aryl methyl sites for hydroxylation is 1. The van der Waals surface area contributed by atoms with E-state index >= 15 is 0 Å². The van der Waals surface area contributed by atoms with E-state index in [4.69, 9.17) is 0 Å². The Morgan fingerprint density at radius 2 is 2.00 bits per heavy atom. The summed E-state index contributed by atoms with van der Waals surface area (Å²) in [6.45, 7) is 6.36. The average molecular weight is 421 g/mol. The van der Waals surface area contributed by atoms with Crippen LogP contribution in [0.2, 0.25) is 0 Å². The van der Waals surface area contributed by atoms with Crippen LogP contribution in [0.25, 0.3) is 10.9 Å². The average Bonchev–Trinajstić information content (AvgIpc) is 3.46. The van der Waals surface area contributed by atoms with Crippen LogP contribution < -0.4 is 5.56 Å². The van der Waals surface area contributed by atoms with Gasteiger partial charge in [0.05, 0.1) is 6.04 Å². The molecule has 2 aromatic heterocycles. The lowest BCUT2D eigenvalue weighted by molar-refractivity contribution is 0.139. The van der Waals surface area contributed by atoms with Crippen molar-refractivity contribution in [2.45, 2.75) is 70.9 Å². The Bertz CT molecular complexity index is 1110. The quantitative estimate of drug-likeness (QED) is 0.674. The monoisotopic (exact) mass is 420 g/mol. The van der Waals surface area contributed by atoms with Crippen LogP contribution in [0, 0.1) is 5.92 Å². The van der Waals surface area contributed by atoms with Gasteiger partial charge < -0.3 is 4.98 Å². The Labute approximate surface area is 182 Å². The van der Waals surface area contributed by atoms with Gasteiger partial charge in [0, 0.05) is 17.6 Å². The molecule has 31 heavy (non-hydrogen) atoms. The second-order valence-corrected chi connectivity index (χ2v) is 9.39. The number of hydrogen-bond acceptors (Lipinski definition) is 5. The first-order valence-corrected chi connectivity index (χ1v) is 11.8. The van der Waals surface area contributed by atoms with Crippen molar-refractivity contribution in [1.82, 2.24) is 30.1 Å². The fourth-order valence-corrected chi connectivity index (χ4v) is 5.44. The van der Waals surface area contributed by atoms with E-state index in [-0.39, 0.29) is 11.6 Å². The van der Waals surface area contributed by atoms with Gasteiger partial charge in [0.15, 0.2) is 5.82 Å². The van der Waals surface area contributed by atoms with Crippen LogP contribution in [0.1, 0.15) is 81.4 Å². The Morgan fingerprint density at radius 1 is 1.16 bits per heavy atom. The molecule has 3 aromatic rings. The van der Waals surface area contributed by atoms with Crippen molar-refractivity contribution in [1.29, 1.82) is 0 Å². The second-order valence-electron chi connectivity index (χ2n) is 9.39. The third kappa shape index (κ3) is 3.91. The van der Waals surface area contributed by atoms with E-state index in [1.807, 2.05) is 10.7 Å². The van der Waals surface area contributed by atoms with Crippen LogP contribution >= 0.6 is 0 Å². The molecular weight excluding hydrogens is 388 g/mol. The van der Waals surface area contributed by atoms with Crippen molar-refractivity contribution >= 4 is 10.9 Å². The van der Waals surface area contributed by atoms with Crippen LogP contribution in [0.15, 0.2) is 29.1 Å². The van der Waals surface area contributed by atoms with Crippen molar-refractivity contribution in [3.8, 4) is 0 Å². The fourth-order valence-electron chi connectivity index (χ4n) is 5.44. The smallest absolute Gasteiger partial charge is 0.253 e. The molecule has 1 N–H and O–H groups in total. The Kier molecular flexibility index (Phi) is 5.61. The number of aromatic nitrogens is 5. The number of piperidine rings is 1. The molecule has 0 amide bonds. The number of pyridine rings is 1. The number of rotatable bonds is 5. The van der Waals surface area contributed by atoms with Gasteiger partial charge in [-0.25, -0.2) is 4.68 Å². The summed E-state index contributed by atoms with van der Waals surface area (Å²) in [7, 11) is 0. The van der Waals surface area contributed by atoms with Gasteiger partial charge in [-0.15, -0.1) is 5.10 Å².